The van der Waals surface area contributed by atoms with Crippen LogP contribution in [0.2, 0.25) is 0 Å². The molecule has 3 rings (SSSR count). The summed E-state index contributed by atoms with van der Waals surface area (Å²) in [4.78, 5) is 0. The van der Waals surface area contributed by atoms with Gasteiger partial charge in [-0.25, -0.2) is 4.39 Å². The molecule has 2 fully saturated rings. The van der Waals surface area contributed by atoms with Crippen LogP contribution in [0.3, 0.4) is 0 Å². The molecule has 0 atom stereocenters. The summed E-state index contributed by atoms with van der Waals surface area (Å²) in [5, 5.41) is 8.80. The largest absolute Gasteiger partial charge is 0.348 e. The highest BCUT2D eigenvalue weighted by Gasteiger charge is 2.26. The molecule has 1 heterocycles. The van der Waals surface area contributed by atoms with Gasteiger partial charge >= 0.3 is 0 Å². The van der Waals surface area contributed by atoms with Gasteiger partial charge in [0.05, 0.1) is 18.8 Å². The lowest BCUT2D eigenvalue weighted by atomic mass is 9.78. The van der Waals surface area contributed by atoms with Gasteiger partial charge in [-0.1, -0.05) is 51.5 Å². The third-order valence-corrected chi connectivity index (χ3v) is 5.88. The van der Waals surface area contributed by atoms with Crippen molar-refractivity contribution in [2.75, 3.05) is 13.2 Å². The van der Waals surface area contributed by atoms with E-state index in [1.54, 1.807) is 6.07 Å². The van der Waals surface area contributed by atoms with Crippen LogP contribution in [0, 0.1) is 34.9 Å². The zero-order valence-electron chi connectivity index (χ0n) is 15.0. The summed E-state index contributed by atoms with van der Waals surface area (Å²) in [6.07, 6.45) is 8.77. The number of nitrogens with zero attached hydrogens (tertiary/aromatic N) is 1. The van der Waals surface area contributed by atoms with E-state index in [-0.39, 0.29) is 5.56 Å². The predicted octanol–water partition coefficient (Wildman–Crippen LogP) is 5.36. The molecule has 0 bridgehead atoms. The maximum absolute atomic E-state index is 13.7. The summed E-state index contributed by atoms with van der Waals surface area (Å²) < 4.78 is 25.3. The zero-order valence-corrected chi connectivity index (χ0v) is 15.0. The Bertz CT molecular complexity index is 596. The van der Waals surface area contributed by atoms with E-state index in [2.05, 4.69) is 6.92 Å². The Hall–Kier alpha value is -1.44. The minimum absolute atomic E-state index is 0.0511. The van der Waals surface area contributed by atoms with Crippen LogP contribution < -0.4 is 0 Å². The van der Waals surface area contributed by atoms with Crippen LogP contribution in [0.4, 0.5) is 4.39 Å². The van der Waals surface area contributed by atoms with Crippen LogP contribution in [0.5, 0.6) is 0 Å². The summed E-state index contributed by atoms with van der Waals surface area (Å²) in [6.45, 7) is 3.63. The average Bonchev–Trinajstić information content (AvgIpc) is 2.67. The first-order valence-corrected chi connectivity index (χ1v) is 9.62. The number of halogens is 1. The number of rotatable bonds is 5. The Morgan fingerprint density at radius 1 is 1.04 bits per heavy atom. The molecule has 0 N–H and O–H groups in total. The normalized spacial score (nSPS) is 30.0. The van der Waals surface area contributed by atoms with E-state index in [9.17, 15) is 4.39 Å². The number of hydrogen-bond donors (Lipinski definition) is 0. The van der Waals surface area contributed by atoms with Gasteiger partial charge < -0.3 is 9.47 Å². The van der Waals surface area contributed by atoms with Gasteiger partial charge in [-0.3, -0.25) is 0 Å². The number of benzene rings is 1. The smallest absolute Gasteiger partial charge is 0.183 e. The molecule has 0 radical (unpaired) electrons. The van der Waals surface area contributed by atoms with E-state index < -0.39 is 12.1 Å². The molecular weight excluding hydrogens is 317 g/mol. The molecule has 1 aliphatic heterocycles. The molecule has 1 aliphatic carbocycles. The Balaban J connectivity index is 1.42. The molecule has 0 spiro atoms. The Morgan fingerprint density at radius 2 is 1.68 bits per heavy atom. The van der Waals surface area contributed by atoms with Crippen molar-refractivity contribution in [2.24, 2.45) is 17.8 Å². The van der Waals surface area contributed by atoms with Crippen LogP contribution in [-0.2, 0) is 9.47 Å². The molecule has 0 amide bonds. The summed E-state index contributed by atoms with van der Waals surface area (Å²) in [5.41, 5.74) is 0.697. The zero-order chi connectivity index (χ0) is 17.6. The highest BCUT2D eigenvalue weighted by molar-refractivity contribution is 5.33. The lowest BCUT2D eigenvalue weighted by Crippen LogP contribution is -2.28. The van der Waals surface area contributed by atoms with Crippen molar-refractivity contribution in [1.82, 2.24) is 0 Å². The van der Waals surface area contributed by atoms with Crippen molar-refractivity contribution < 1.29 is 13.9 Å². The molecule has 3 nitrogen and oxygen atoms in total. The molecule has 0 aromatic heterocycles. The molecule has 0 unspecified atom stereocenters. The third-order valence-electron chi connectivity index (χ3n) is 5.88. The first-order chi connectivity index (χ1) is 12.2. The first kappa shape index (κ1) is 18.4. The van der Waals surface area contributed by atoms with Crippen LogP contribution in [-0.4, -0.2) is 13.2 Å². The minimum atomic E-state index is -0.517. The second kappa shape index (κ2) is 8.78. The summed E-state index contributed by atoms with van der Waals surface area (Å²) >= 11 is 0. The molecule has 1 saturated heterocycles. The Kier molecular flexibility index (Phi) is 6.45. The van der Waals surface area contributed by atoms with E-state index in [1.165, 1.54) is 50.7 Å². The predicted molar refractivity (Wildman–Crippen MR) is 94.2 cm³/mol. The Labute approximate surface area is 150 Å². The SMILES string of the molecule is CC[C@H]1CC[C@H](CC[C@H]2CO[C@H](c3ccc(C#N)c(F)c3)OC2)CC1. The number of ether oxygens (including phenoxy) is 2. The molecule has 1 saturated carbocycles. The van der Waals surface area contributed by atoms with Gasteiger partial charge in [0.25, 0.3) is 0 Å². The van der Waals surface area contributed by atoms with Gasteiger partial charge in [-0.2, -0.15) is 5.26 Å². The summed E-state index contributed by atoms with van der Waals surface area (Å²) in [5.74, 6) is 1.74. The molecule has 2 aliphatic rings. The molecule has 25 heavy (non-hydrogen) atoms. The van der Waals surface area contributed by atoms with Gasteiger partial charge in [0.2, 0.25) is 0 Å². The van der Waals surface area contributed by atoms with Crippen LogP contribution in [0.25, 0.3) is 0 Å². The lowest BCUT2D eigenvalue weighted by molar-refractivity contribution is -0.206. The second-order valence-corrected chi connectivity index (χ2v) is 7.59. The molecule has 1 aromatic rings. The number of hydrogen-bond acceptors (Lipinski definition) is 3. The quantitative estimate of drug-likeness (QED) is 0.722. The van der Waals surface area contributed by atoms with Gasteiger partial charge in [0.15, 0.2) is 6.29 Å². The Morgan fingerprint density at radius 3 is 2.28 bits per heavy atom. The molecule has 136 valence electrons. The fraction of sp³-hybridized carbons (Fsp3) is 0.667. The molecule has 4 heteroatoms. The van der Waals surface area contributed by atoms with Crippen LogP contribution in [0.1, 0.15) is 69.3 Å². The van der Waals surface area contributed by atoms with Crippen molar-refractivity contribution in [3.05, 3.63) is 35.1 Å². The fourth-order valence-electron chi connectivity index (χ4n) is 4.07. The van der Waals surface area contributed by atoms with Gasteiger partial charge in [0.1, 0.15) is 11.9 Å². The maximum Gasteiger partial charge on any atom is 0.183 e. The van der Waals surface area contributed by atoms with Crippen molar-refractivity contribution in [3.63, 3.8) is 0 Å². The monoisotopic (exact) mass is 345 g/mol. The van der Waals surface area contributed by atoms with E-state index in [0.29, 0.717) is 24.7 Å². The summed E-state index contributed by atoms with van der Waals surface area (Å²) in [7, 11) is 0. The van der Waals surface area contributed by atoms with E-state index >= 15 is 0 Å². The van der Waals surface area contributed by atoms with Crippen molar-refractivity contribution >= 4 is 0 Å². The maximum atomic E-state index is 13.7. The number of nitriles is 1. The first-order valence-electron chi connectivity index (χ1n) is 9.62. The third kappa shape index (κ3) is 4.80. The van der Waals surface area contributed by atoms with E-state index in [4.69, 9.17) is 14.7 Å². The van der Waals surface area contributed by atoms with Gasteiger partial charge in [-0.15, -0.1) is 0 Å². The van der Waals surface area contributed by atoms with Crippen molar-refractivity contribution in [3.8, 4) is 6.07 Å². The topological polar surface area (TPSA) is 42.2 Å². The highest BCUT2D eigenvalue weighted by atomic mass is 19.1. The minimum Gasteiger partial charge on any atom is -0.348 e. The standard InChI is InChI=1S/C21H28FNO2/c1-2-15-3-5-16(6-4-15)7-8-17-13-24-21(25-14-17)18-9-10-19(12-23)20(22)11-18/h9-11,15-17,21H,2-8,13-14H2,1H3/t15-,16-,17-,21-. The highest BCUT2D eigenvalue weighted by Crippen LogP contribution is 2.35. The fourth-order valence-corrected chi connectivity index (χ4v) is 4.07. The lowest BCUT2D eigenvalue weighted by Gasteiger charge is -2.32. The second-order valence-electron chi connectivity index (χ2n) is 7.59. The van der Waals surface area contributed by atoms with Gasteiger partial charge in [0, 0.05) is 11.5 Å². The van der Waals surface area contributed by atoms with E-state index in [1.807, 2.05) is 6.07 Å². The van der Waals surface area contributed by atoms with Crippen molar-refractivity contribution in [2.45, 2.75) is 58.2 Å². The average molecular weight is 345 g/mol. The van der Waals surface area contributed by atoms with Crippen molar-refractivity contribution in [1.29, 1.82) is 5.26 Å². The van der Waals surface area contributed by atoms with Crippen LogP contribution >= 0.6 is 0 Å². The molecule has 1 aromatic carbocycles. The van der Waals surface area contributed by atoms with Gasteiger partial charge in [-0.05, 0) is 30.4 Å². The summed E-state index contributed by atoms with van der Waals surface area (Å²) in [6, 6.07) is 6.36. The molecular formula is C21H28FNO2. The van der Waals surface area contributed by atoms with Crippen LogP contribution in [0.15, 0.2) is 18.2 Å². The van der Waals surface area contributed by atoms with E-state index in [0.717, 1.165) is 18.3 Å².